The van der Waals surface area contributed by atoms with Crippen LogP contribution in [0.4, 0.5) is 5.69 Å². The van der Waals surface area contributed by atoms with Crippen LogP contribution in [0.2, 0.25) is 0 Å². The first-order valence-corrected chi connectivity index (χ1v) is 7.94. The fraction of sp³-hybridized carbons (Fsp3) is 0.625. The first-order chi connectivity index (χ1) is 8.60. The second kappa shape index (κ2) is 7.83. The molecule has 102 valence electrons. The van der Waals surface area contributed by atoms with Crippen LogP contribution in [0.1, 0.15) is 52.5 Å². The molecule has 0 bridgehead atoms. The SMILES string of the molecule is CCc1cc(Br)ccc1NC(CC)CC(C)CC. The standard InChI is InChI=1S/C16H26BrN/c1-5-12(4)10-15(7-3)18-16-9-8-14(17)11-13(16)6-2/h8-9,11-12,15,18H,5-7,10H2,1-4H3. The van der Waals surface area contributed by atoms with Crippen molar-refractivity contribution in [3.05, 3.63) is 28.2 Å². The quantitative estimate of drug-likeness (QED) is 0.687. The summed E-state index contributed by atoms with van der Waals surface area (Å²) in [6.45, 7) is 9.09. The first kappa shape index (κ1) is 15.6. The van der Waals surface area contributed by atoms with Gasteiger partial charge in [0.2, 0.25) is 0 Å². The minimum absolute atomic E-state index is 0.589. The summed E-state index contributed by atoms with van der Waals surface area (Å²) in [5.74, 6) is 0.794. The summed E-state index contributed by atoms with van der Waals surface area (Å²) < 4.78 is 1.17. The number of halogens is 1. The van der Waals surface area contributed by atoms with Crippen LogP contribution >= 0.6 is 15.9 Å². The van der Waals surface area contributed by atoms with Gasteiger partial charge >= 0.3 is 0 Å². The van der Waals surface area contributed by atoms with E-state index in [9.17, 15) is 0 Å². The Labute approximate surface area is 120 Å². The number of hydrogen-bond donors (Lipinski definition) is 1. The summed E-state index contributed by atoms with van der Waals surface area (Å²) in [6.07, 6.45) is 4.77. The number of rotatable bonds is 7. The van der Waals surface area contributed by atoms with Gasteiger partial charge in [-0.1, -0.05) is 50.0 Å². The predicted molar refractivity (Wildman–Crippen MR) is 85.3 cm³/mol. The van der Waals surface area contributed by atoms with E-state index in [-0.39, 0.29) is 0 Å². The topological polar surface area (TPSA) is 12.0 Å². The molecule has 0 aliphatic carbocycles. The third kappa shape index (κ3) is 4.64. The van der Waals surface area contributed by atoms with E-state index in [4.69, 9.17) is 0 Å². The molecule has 0 aromatic heterocycles. The number of nitrogens with one attached hydrogen (secondary N) is 1. The summed E-state index contributed by atoms with van der Waals surface area (Å²) in [4.78, 5) is 0. The van der Waals surface area contributed by atoms with Crippen LogP contribution < -0.4 is 5.32 Å². The van der Waals surface area contributed by atoms with Crippen LogP contribution in [0.25, 0.3) is 0 Å². The van der Waals surface area contributed by atoms with Gasteiger partial charge in [-0.05, 0) is 48.9 Å². The Morgan fingerprint density at radius 3 is 2.44 bits per heavy atom. The Kier molecular flexibility index (Phi) is 6.77. The number of hydrogen-bond acceptors (Lipinski definition) is 1. The fourth-order valence-corrected chi connectivity index (χ4v) is 2.60. The van der Waals surface area contributed by atoms with Crippen molar-refractivity contribution in [1.82, 2.24) is 0 Å². The van der Waals surface area contributed by atoms with Gasteiger partial charge in [-0.15, -0.1) is 0 Å². The van der Waals surface area contributed by atoms with Gasteiger partial charge in [-0.3, -0.25) is 0 Å². The van der Waals surface area contributed by atoms with Gasteiger partial charge in [0.15, 0.2) is 0 Å². The molecule has 1 nitrogen and oxygen atoms in total. The minimum atomic E-state index is 0.589. The molecule has 2 unspecified atom stereocenters. The maximum atomic E-state index is 3.72. The van der Waals surface area contributed by atoms with Gasteiger partial charge in [0, 0.05) is 16.2 Å². The molecule has 2 atom stereocenters. The Balaban J connectivity index is 2.75. The number of aryl methyl sites for hydroxylation is 1. The molecule has 0 spiro atoms. The van der Waals surface area contributed by atoms with Gasteiger partial charge in [0.1, 0.15) is 0 Å². The summed E-state index contributed by atoms with van der Waals surface area (Å²) in [7, 11) is 0. The highest BCUT2D eigenvalue weighted by Crippen LogP contribution is 2.24. The molecule has 1 N–H and O–H groups in total. The molecule has 1 aromatic carbocycles. The molecule has 0 amide bonds. The second-order valence-corrected chi connectivity index (χ2v) is 6.07. The monoisotopic (exact) mass is 311 g/mol. The van der Waals surface area contributed by atoms with Gasteiger partial charge in [0.05, 0.1) is 0 Å². The van der Waals surface area contributed by atoms with Crippen molar-refractivity contribution >= 4 is 21.6 Å². The molecule has 0 fully saturated rings. The highest BCUT2D eigenvalue weighted by Gasteiger charge is 2.11. The molecule has 1 aromatic rings. The van der Waals surface area contributed by atoms with Crippen molar-refractivity contribution in [2.45, 2.75) is 59.4 Å². The smallest absolute Gasteiger partial charge is 0.0375 e. The fourth-order valence-electron chi connectivity index (χ4n) is 2.20. The highest BCUT2D eigenvalue weighted by atomic mass is 79.9. The maximum absolute atomic E-state index is 3.72. The molecule has 0 saturated carbocycles. The molecule has 18 heavy (non-hydrogen) atoms. The van der Waals surface area contributed by atoms with Crippen molar-refractivity contribution in [2.24, 2.45) is 5.92 Å². The summed E-state index contributed by atoms with van der Waals surface area (Å²) >= 11 is 3.54. The third-order valence-electron chi connectivity index (χ3n) is 3.68. The summed E-state index contributed by atoms with van der Waals surface area (Å²) in [5, 5.41) is 3.72. The van der Waals surface area contributed by atoms with Crippen molar-refractivity contribution < 1.29 is 0 Å². The van der Waals surface area contributed by atoms with Crippen LogP contribution in [0.3, 0.4) is 0 Å². The Bertz CT molecular complexity index is 362. The third-order valence-corrected chi connectivity index (χ3v) is 4.18. The van der Waals surface area contributed by atoms with Crippen LogP contribution in [0.15, 0.2) is 22.7 Å². The second-order valence-electron chi connectivity index (χ2n) is 5.15. The van der Waals surface area contributed by atoms with Crippen molar-refractivity contribution in [2.75, 3.05) is 5.32 Å². The Morgan fingerprint density at radius 1 is 1.17 bits per heavy atom. The van der Waals surface area contributed by atoms with Gasteiger partial charge in [0.25, 0.3) is 0 Å². The zero-order chi connectivity index (χ0) is 13.5. The van der Waals surface area contributed by atoms with Crippen molar-refractivity contribution in [3.8, 4) is 0 Å². The summed E-state index contributed by atoms with van der Waals surface area (Å²) in [5.41, 5.74) is 2.70. The molecule has 0 aliphatic rings. The molecule has 0 saturated heterocycles. The maximum Gasteiger partial charge on any atom is 0.0375 e. The molecule has 0 heterocycles. The lowest BCUT2D eigenvalue weighted by Gasteiger charge is -2.23. The normalized spacial score (nSPS) is 14.3. The summed E-state index contributed by atoms with van der Waals surface area (Å²) in [6, 6.07) is 7.13. The van der Waals surface area contributed by atoms with Crippen LogP contribution in [-0.4, -0.2) is 6.04 Å². The van der Waals surface area contributed by atoms with Gasteiger partial charge < -0.3 is 5.32 Å². The first-order valence-electron chi connectivity index (χ1n) is 7.15. The lowest BCUT2D eigenvalue weighted by atomic mass is 9.97. The van der Waals surface area contributed by atoms with E-state index in [2.05, 4.69) is 67.1 Å². The van der Waals surface area contributed by atoms with Crippen molar-refractivity contribution in [3.63, 3.8) is 0 Å². The van der Waals surface area contributed by atoms with E-state index in [1.807, 2.05) is 0 Å². The van der Waals surface area contributed by atoms with E-state index in [1.165, 1.54) is 35.0 Å². The lowest BCUT2D eigenvalue weighted by Crippen LogP contribution is -2.22. The Morgan fingerprint density at radius 2 is 1.89 bits per heavy atom. The van der Waals surface area contributed by atoms with Gasteiger partial charge in [-0.2, -0.15) is 0 Å². The largest absolute Gasteiger partial charge is 0.382 e. The van der Waals surface area contributed by atoms with E-state index in [0.717, 1.165) is 12.3 Å². The molecule has 0 radical (unpaired) electrons. The number of benzene rings is 1. The minimum Gasteiger partial charge on any atom is -0.382 e. The van der Waals surface area contributed by atoms with Crippen LogP contribution in [0, 0.1) is 5.92 Å². The van der Waals surface area contributed by atoms with E-state index in [1.54, 1.807) is 0 Å². The molecule has 1 rings (SSSR count). The number of anilines is 1. The zero-order valence-electron chi connectivity index (χ0n) is 12.1. The Hall–Kier alpha value is -0.500. The lowest BCUT2D eigenvalue weighted by molar-refractivity contribution is 0.461. The zero-order valence-corrected chi connectivity index (χ0v) is 13.7. The average molecular weight is 312 g/mol. The van der Waals surface area contributed by atoms with Crippen molar-refractivity contribution in [1.29, 1.82) is 0 Å². The van der Waals surface area contributed by atoms with E-state index < -0.39 is 0 Å². The molecule has 0 aliphatic heterocycles. The molecule has 2 heteroatoms. The predicted octanol–water partition coefficient (Wildman–Crippen LogP) is 5.64. The molecular weight excluding hydrogens is 286 g/mol. The van der Waals surface area contributed by atoms with Crippen LogP contribution in [0.5, 0.6) is 0 Å². The highest BCUT2D eigenvalue weighted by molar-refractivity contribution is 9.10. The van der Waals surface area contributed by atoms with E-state index in [0.29, 0.717) is 6.04 Å². The van der Waals surface area contributed by atoms with Gasteiger partial charge in [-0.25, -0.2) is 0 Å². The average Bonchev–Trinajstić information content (AvgIpc) is 2.39. The van der Waals surface area contributed by atoms with Crippen LogP contribution in [-0.2, 0) is 6.42 Å². The molecular formula is C16H26BrN. The van der Waals surface area contributed by atoms with E-state index >= 15 is 0 Å².